The Kier molecular flexibility index (Phi) is 10.7. The number of carbonyl (C=O) groups excluding carboxylic acids is 2. The maximum Gasteiger partial charge on any atom is 0.306 e. The topological polar surface area (TPSA) is 55.8 Å². The van der Waals surface area contributed by atoms with E-state index in [1.165, 1.54) is 77.3 Å². The van der Waals surface area contributed by atoms with Gasteiger partial charge < -0.3 is 30.9 Å². The maximum atomic E-state index is 13.0. The minimum atomic E-state index is -0.114. The second kappa shape index (κ2) is 13.7. The number of rotatable bonds is 7. The summed E-state index contributed by atoms with van der Waals surface area (Å²) >= 11 is 0. The molecule has 10 atom stereocenters. The maximum absolute atomic E-state index is 13.0. The van der Waals surface area contributed by atoms with Crippen LogP contribution < -0.4 is 17.0 Å². The summed E-state index contributed by atoms with van der Waals surface area (Å²) in [5.74, 6) is 2.48. The molecule has 6 rings (SSSR count). The van der Waals surface area contributed by atoms with Crippen LogP contribution in [-0.4, -0.2) is 78.3 Å². The van der Waals surface area contributed by atoms with Gasteiger partial charge >= 0.3 is 11.9 Å². The molecule has 0 N–H and O–H groups in total. The van der Waals surface area contributed by atoms with Crippen molar-refractivity contribution in [2.45, 2.75) is 142 Å². The van der Waals surface area contributed by atoms with Crippen LogP contribution in [0.1, 0.15) is 118 Å². The van der Waals surface area contributed by atoms with Crippen molar-refractivity contribution < 1.29 is 40.5 Å². The Balaban J connectivity index is 0.00000384. The van der Waals surface area contributed by atoms with Gasteiger partial charge in [-0.25, -0.2) is 0 Å². The number of halogens is 1. The first-order valence-corrected chi connectivity index (χ1v) is 18.2. The predicted molar refractivity (Wildman–Crippen MR) is 170 cm³/mol. The lowest BCUT2D eigenvalue weighted by molar-refractivity contribution is -0.952. The number of carbonyl (C=O) groups is 2. The number of ether oxygens (including phenoxy) is 2. The third-order valence-corrected chi connectivity index (χ3v) is 14.2. The number of quaternary nitrogens is 1. The molecule has 0 bridgehead atoms. The normalized spacial score (nSPS) is 43.4. The molecule has 250 valence electrons. The summed E-state index contributed by atoms with van der Waals surface area (Å²) in [6, 6.07) is 0.732. The Hall–Kier alpha value is -0.920. The fourth-order valence-electron chi connectivity index (χ4n) is 12.2. The largest absolute Gasteiger partial charge is 1.00 e. The van der Waals surface area contributed by atoms with E-state index in [2.05, 4.69) is 31.4 Å². The van der Waals surface area contributed by atoms with Crippen LogP contribution in [0.3, 0.4) is 0 Å². The SMILES string of the molecule is C=CC[N+]1(C2C[C@H]3[C@@H]4CC[C@H]5C[C@H](OC(C)=O)[C@@H](N6CCCCC6)C[C@]5(C)[C@H]4CC[C@]3(C)[C@H]2OC(=O)CC)CCCCC1.[Br-]. The number of hydrogen-bond acceptors (Lipinski definition) is 5. The highest BCUT2D eigenvalue weighted by Crippen LogP contribution is 2.68. The van der Waals surface area contributed by atoms with Crippen LogP contribution in [0.25, 0.3) is 0 Å². The molecule has 2 heterocycles. The lowest BCUT2D eigenvalue weighted by atomic mass is 9.44. The van der Waals surface area contributed by atoms with Crippen molar-refractivity contribution in [1.29, 1.82) is 0 Å². The Labute approximate surface area is 278 Å². The van der Waals surface area contributed by atoms with Crippen molar-refractivity contribution in [3.63, 3.8) is 0 Å². The molecule has 2 aliphatic heterocycles. The van der Waals surface area contributed by atoms with Crippen LogP contribution in [0.2, 0.25) is 0 Å². The van der Waals surface area contributed by atoms with E-state index in [0.717, 1.165) is 43.4 Å². The molecule has 7 heteroatoms. The van der Waals surface area contributed by atoms with Gasteiger partial charge in [-0.15, -0.1) is 0 Å². The fourth-order valence-corrected chi connectivity index (χ4v) is 12.2. The molecule has 6 fully saturated rings. The van der Waals surface area contributed by atoms with Crippen molar-refractivity contribution in [1.82, 2.24) is 4.90 Å². The molecule has 4 aliphatic carbocycles. The highest BCUT2D eigenvalue weighted by molar-refractivity contribution is 5.69. The van der Waals surface area contributed by atoms with E-state index < -0.39 is 0 Å². The molecule has 0 amide bonds. The summed E-state index contributed by atoms with van der Waals surface area (Å²) in [7, 11) is 0. The molecule has 0 aromatic rings. The minimum absolute atomic E-state index is 0. The van der Waals surface area contributed by atoms with Gasteiger partial charge in [0.25, 0.3) is 0 Å². The van der Waals surface area contributed by atoms with Crippen LogP contribution in [0.5, 0.6) is 0 Å². The summed E-state index contributed by atoms with van der Waals surface area (Å²) in [6.07, 6.45) is 18.7. The Morgan fingerprint density at radius 1 is 0.932 bits per heavy atom. The third-order valence-electron chi connectivity index (χ3n) is 14.2. The summed E-state index contributed by atoms with van der Waals surface area (Å²) in [5, 5.41) is 0. The first-order valence-electron chi connectivity index (χ1n) is 18.2. The van der Waals surface area contributed by atoms with E-state index in [1.807, 2.05) is 6.92 Å². The number of nitrogens with zero attached hydrogens (tertiary/aromatic N) is 2. The zero-order chi connectivity index (χ0) is 30.4. The van der Waals surface area contributed by atoms with Crippen LogP contribution in [0, 0.1) is 34.5 Å². The van der Waals surface area contributed by atoms with Crippen LogP contribution in [0.4, 0.5) is 0 Å². The van der Waals surface area contributed by atoms with E-state index in [0.29, 0.717) is 42.2 Å². The van der Waals surface area contributed by atoms with Gasteiger partial charge in [-0.1, -0.05) is 33.8 Å². The van der Waals surface area contributed by atoms with Gasteiger partial charge in [0.15, 0.2) is 6.10 Å². The average Bonchev–Trinajstić information content (AvgIpc) is 3.30. The first kappa shape index (κ1) is 34.4. The number of fused-ring (bicyclic) bond motifs is 5. The van der Waals surface area contributed by atoms with Crippen molar-refractivity contribution >= 4 is 11.9 Å². The molecular formula is C37H61BrN2O4. The van der Waals surface area contributed by atoms with Crippen molar-refractivity contribution in [2.24, 2.45) is 34.5 Å². The van der Waals surface area contributed by atoms with E-state index in [9.17, 15) is 9.59 Å². The number of piperidine rings is 2. The van der Waals surface area contributed by atoms with Crippen molar-refractivity contribution in [2.75, 3.05) is 32.7 Å². The molecule has 0 aromatic carbocycles. The van der Waals surface area contributed by atoms with E-state index in [4.69, 9.17) is 9.47 Å². The Bertz CT molecular complexity index is 1040. The molecule has 6 nitrogen and oxygen atoms in total. The zero-order valence-electron chi connectivity index (χ0n) is 28.2. The Morgan fingerprint density at radius 2 is 1.64 bits per heavy atom. The highest BCUT2D eigenvalue weighted by Gasteiger charge is 2.67. The van der Waals surface area contributed by atoms with Gasteiger partial charge in [-0.3, -0.25) is 14.5 Å². The van der Waals surface area contributed by atoms with Crippen molar-refractivity contribution in [3.8, 4) is 0 Å². The standard InChI is InChI=1S/C37H61N2O4.BrH/c1-6-20-39(21-12-9-13-22-39)32-24-30-28-15-14-27-23-33(42-26(3)40)31(38-18-10-8-11-19-38)25-37(27,5)29(28)16-17-36(30,4)35(32)43-34(41)7-2;/h6,27-33,35H,1,7-25H2,2-5H3;1H/q+1;/p-1/t27-,28+,29-,30-,31-,32?,33-,35-,36-,37-;/m0./s1. The summed E-state index contributed by atoms with van der Waals surface area (Å²) in [4.78, 5) is 27.9. The molecule has 44 heavy (non-hydrogen) atoms. The quantitative estimate of drug-likeness (QED) is 0.233. The number of esters is 2. The molecule has 2 saturated heterocycles. The van der Waals surface area contributed by atoms with Gasteiger partial charge in [0.2, 0.25) is 0 Å². The molecular weight excluding hydrogens is 616 g/mol. The third kappa shape index (κ3) is 5.98. The summed E-state index contributed by atoms with van der Waals surface area (Å²) in [5.41, 5.74) is 0.320. The van der Waals surface area contributed by atoms with Gasteiger partial charge in [0.1, 0.15) is 12.1 Å². The number of likely N-dealkylation sites (tertiary alicyclic amines) is 2. The predicted octanol–water partition coefficient (Wildman–Crippen LogP) is 3.92. The fraction of sp³-hybridized carbons (Fsp3) is 0.892. The van der Waals surface area contributed by atoms with Crippen LogP contribution in [-0.2, 0) is 19.1 Å². The van der Waals surface area contributed by atoms with Gasteiger partial charge in [0, 0.05) is 31.2 Å². The summed E-state index contributed by atoms with van der Waals surface area (Å²) in [6.45, 7) is 18.6. The van der Waals surface area contributed by atoms with Crippen LogP contribution in [0.15, 0.2) is 12.7 Å². The van der Waals surface area contributed by atoms with Gasteiger partial charge in [-0.2, -0.15) is 0 Å². The highest BCUT2D eigenvalue weighted by atomic mass is 79.9. The minimum Gasteiger partial charge on any atom is -1.00 e. The molecule has 1 unspecified atom stereocenters. The molecule has 4 saturated carbocycles. The van der Waals surface area contributed by atoms with Gasteiger partial charge in [-0.05, 0) is 119 Å². The molecule has 6 aliphatic rings. The van der Waals surface area contributed by atoms with E-state index >= 15 is 0 Å². The summed E-state index contributed by atoms with van der Waals surface area (Å²) < 4.78 is 13.8. The molecule has 0 spiro atoms. The zero-order valence-corrected chi connectivity index (χ0v) is 29.8. The monoisotopic (exact) mass is 676 g/mol. The molecule has 0 aromatic heterocycles. The average molecular weight is 678 g/mol. The smallest absolute Gasteiger partial charge is 0.306 e. The van der Waals surface area contributed by atoms with E-state index in [-0.39, 0.29) is 52.0 Å². The first-order chi connectivity index (χ1) is 20.6. The van der Waals surface area contributed by atoms with Gasteiger partial charge in [0.05, 0.1) is 19.6 Å². The molecule has 0 radical (unpaired) electrons. The second-order valence-corrected chi connectivity index (χ2v) is 16.2. The lowest BCUT2D eigenvalue weighted by Gasteiger charge is -2.62. The van der Waals surface area contributed by atoms with Crippen molar-refractivity contribution in [3.05, 3.63) is 12.7 Å². The number of hydrogen-bond donors (Lipinski definition) is 0. The lowest BCUT2D eigenvalue weighted by Crippen LogP contribution is -3.00. The van der Waals surface area contributed by atoms with Crippen LogP contribution >= 0.6 is 0 Å². The Morgan fingerprint density at radius 3 is 2.30 bits per heavy atom. The van der Waals surface area contributed by atoms with E-state index in [1.54, 1.807) is 6.92 Å². The second-order valence-electron chi connectivity index (χ2n) is 16.2.